The number of fused-ring (bicyclic) bond motifs is 4. The summed E-state index contributed by atoms with van der Waals surface area (Å²) in [4.78, 5) is 58.8. The topological polar surface area (TPSA) is 104 Å². The van der Waals surface area contributed by atoms with Gasteiger partial charge in [0.25, 0.3) is 0 Å². The van der Waals surface area contributed by atoms with Crippen LogP contribution in [0.25, 0.3) is 0 Å². The fourth-order valence-electron chi connectivity index (χ4n) is 8.14. The number of likely N-dealkylation sites (tertiary alicyclic amines) is 1. The van der Waals surface area contributed by atoms with Gasteiger partial charge in [-0.15, -0.1) is 0 Å². The van der Waals surface area contributed by atoms with E-state index in [1.54, 1.807) is 19.1 Å². The van der Waals surface area contributed by atoms with Gasteiger partial charge in [-0.1, -0.05) is 59.6 Å². The van der Waals surface area contributed by atoms with Crippen molar-refractivity contribution in [2.75, 3.05) is 12.0 Å². The number of rotatable bonds is 5. The highest BCUT2D eigenvalue weighted by molar-refractivity contribution is 6.31. The van der Waals surface area contributed by atoms with Gasteiger partial charge in [-0.3, -0.25) is 24.1 Å². The summed E-state index contributed by atoms with van der Waals surface area (Å²) >= 11 is 6.06. The van der Waals surface area contributed by atoms with Crippen molar-refractivity contribution in [2.24, 2.45) is 29.1 Å². The first-order valence-corrected chi connectivity index (χ1v) is 15.2. The number of phenolic OH excluding ortho intramolecular Hbond substituents is 1. The highest BCUT2D eigenvalue weighted by atomic mass is 35.5. The van der Waals surface area contributed by atoms with Gasteiger partial charge in [0, 0.05) is 5.92 Å². The molecule has 2 aliphatic heterocycles. The van der Waals surface area contributed by atoms with Crippen molar-refractivity contribution in [3.05, 3.63) is 100 Å². The van der Waals surface area contributed by atoms with Crippen LogP contribution in [0, 0.1) is 34.9 Å². The van der Waals surface area contributed by atoms with E-state index in [1.807, 2.05) is 36.4 Å². The van der Waals surface area contributed by atoms with E-state index in [0.29, 0.717) is 12.0 Å². The molecule has 2 heterocycles. The van der Waals surface area contributed by atoms with Gasteiger partial charge in [0.2, 0.25) is 23.6 Å². The number of allylic oxidation sites excluding steroid dienone is 2. The van der Waals surface area contributed by atoms with E-state index in [1.165, 1.54) is 30.2 Å². The molecular weight excluding hydrogens is 599 g/mol. The number of halogens is 2. The number of aromatic hydroxyl groups is 1. The Balaban J connectivity index is 1.34. The predicted molar refractivity (Wildman–Crippen MR) is 163 cm³/mol. The van der Waals surface area contributed by atoms with Gasteiger partial charge in [0.15, 0.2) is 11.5 Å². The van der Waals surface area contributed by atoms with Crippen LogP contribution in [-0.4, -0.2) is 40.7 Å². The number of phenols is 1. The summed E-state index contributed by atoms with van der Waals surface area (Å²) in [5, 5.41) is 10.6. The second kappa shape index (κ2) is 10.5. The minimum atomic E-state index is -1.32. The van der Waals surface area contributed by atoms with Gasteiger partial charge in [0.1, 0.15) is 5.82 Å². The molecule has 10 heteroatoms. The van der Waals surface area contributed by atoms with Gasteiger partial charge < -0.3 is 9.84 Å². The largest absolute Gasteiger partial charge is 0.504 e. The number of ether oxygens (including phenoxy) is 1. The molecule has 4 aliphatic rings. The molecule has 0 bridgehead atoms. The molecular formula is C35H30ClFN2O6. The predicted octanol–water partition coefficient (Wildman–Crippen LogP) is 5.62. The monoisotopic (exact) mass is 628 g/mol. The van der Waals surface area contributed by atoms with Crippen LogP contribution in [-0.2, 0) is 25.7 Å². The number of hydrogen-bond donors (Lipinski definition) is 1. The van der Waals surface area contributed by atoms with Crippen molar-refractivity contribution in [1.82, 2.24) is 4.90 Å². The third-order valence-electron chi connectivity index (χ3n) is 10.2. The van der Waals surface area contributed by atoms with E-state index in [-0.39, 0.29) is 47.0 Å². The first kappa shape index (κ1) is 29.2. The molecule has 230 valence electrons. The summed E-state index contributed by atoms with van der Waals surface area (Å²) in [5.41, 5.74) is 1.04. The molecule has 0 spiro atoms. The number of methoxy groups -OCH3 is 1. The number of anilines is 1. The van der Waals surface area contributed by atoms with Crippen molar-refractivity contribution in [3.8, 4) is 11.5 Å². The minimum Gasteiger partial charge on any atom is -0.504 e. The molecule has 0 aromatic heterocycles. The smallest absolute Gasteiger partial charge is 0.241 e. The second-order valence-corrected chi connectivity index (χ2v) is 12.8. The summed E-state index contributed by atoms with van der Waals surface area (Å²) in [5.74, 6) is -5.41. The molecule has 45 heavy (non-hydrogen) atoms. The van der Waals surface area contributed by atoms with Crippen molar-refractivity contribution in [1.29, 1.82) is 0 Å². The van der Waals surface area contributed by atoms with Gasteiger partial charge in [-0.25, -0.2) is 9.29 Å². The molecule has 7 rings (SSSR count). The Morgan fingerprint density at radius 3 is 2.42 bits per heavy atom. The zero-order valence-corrected chi connectivity index (χ0v) is 25.3. The fourth-order valence-corrected chi connectivity index (χ4v) is 8.31. The Morgan fingerprint density at radius 2 is 1.73 bits per heavy atom. The summed E-state index contributed by atoms with van der Waals surface area (Å²) in [6, 6.07) is 17.9. The second-order valence-electron chi connectivity index (χ2n) is 12.4. The standard InChI is InChI=1S/C35H30ClFN2O6/c1-35-24(32(42)39(34(35)44)20-9-12-26(37)25(36)15-20)16-23-21(30(35)19-8-13-28(45-2)27(40)14-19)10-11-22-29(23)33(43)38(31(22)41)17-18-6-4-3-5-7-18/h3-10,12-15,22-24,29-30,40H,11,16-17H2,1-2H3. The summed E-state index contributed by atoms with van der Waals surface area (Å²) < 4.78 is 19.3. The molecule has 4 amide bonds. The lowest BCUT2D eigenvalue weighted by Gasteiger charge is -2.49. The maximum absolute atomic E-state index is 14.5. The van der Waals surface area contributed by atoms with Crippen molar-refractivity contribution >= 4 is 40.9 Å². The van der Waals surface area contributed by atoms with Crippen LogP contribution < -0.4 is 9.64 Å². The molecule has 8 nitrogen and oxygen atoms in total. The molecule has 6 atom stereocenters. The molecule has 3 aromatic rings. The Kier molecular flexibility index (Phi) is 6.85. The normalized spacial score (nSPS) is 29.0. The average Bonchev–Trinajstić information content (AvgIpc) is 3.38. The highest BCUT2D eigenvalue weighted by Crippen LogP contribution is 2.64. The van der Waals surface area contributed by atoms with Gasteiger partial charge in [0.05, 0.1) is 47.5 Å². The Labute approximate surface area is 264 Å². The quantitative estimate of drug-likeness (QED) is 0.290. The number of imide groups is 2. The van der Waals surface area contributed by atoms with Crippen molar-refractivity contribution in [2.45, 2.75) is 32.2 Å². The lowest BCUT2D eigenvalue weighted by molar-refractivity contribution is -0.141. The lowest BCUT2D eigenvalue weighted by atomic mass is 9.51. The zero-order chi connectivity index (χ0) is 31.8. The van der Waals surface area contributed by atoms with Crippen LogP contribution in [0.1, 0.15) is 36.8 Å². The van der Waals surface area contributed by atoms with Crippen molar-refractivity contribution < 1.29 is 33.4 Å². The van der Waals surface area contributed by atoms with E-state index < -0.39 is 52.6 Å². The molecule has 1 saturated carbocycles. The van der Waals surface area contributed by atoms with E-state index in [0.717, 1.165) is 22.1 Å². The van der Waals surface area contributed by atoms with Crippen LogP contribution in [0.5, 0.6) is 11.5 Å². The highest BCUT2D eigenvalue weighted by Gasteiger charge is 2.67. The van der Waals surface area contributed by atoms with Crippen molar-refractivity contribution in [3.63, 3.8) is 0 Å². The Bertz CT molecular complexity index is 1810. The third-order valence-corrected chi connectivity index (χ3v) is 10.5. The SMILES string of the molecule is COc1ccc(C2C3=CCC4C(=O)N(Cc5ccccc5)C(=O)C4C3CC3C(=O)N(c4ccc(F)c(Cl)c4)C(=O)C32C)cc1O. The number of hydrogen-bond acceptors (Lipinski definition) is 6. The fraction of sp³-hybridized carbons (Fsp3) is 0.314. The number of nitrogens with zero attached hydrogens (tertiary/aromatic N) is 2. The number of carbonyl (C=O) groups excluding carboxylic acids is 4. The molecule has 0 radical (unpaired) electrons. The van der Waals surface area contributed by atoms with Crippen LogP contribution in [0.4, 0.5) is 10.1 Å². The first-order chi connectivity index (χ1) is 21.6. The first-order valence-electron chi connectivity index (χ1n) is 14.9. The summed E-state index contributed by atoms with van der Waals surface area (Å²) in [6.07, 6.45) is 2.44. The van der Waals surface area contributed by atoms with Gasteiger partial charge in [-0.2, -0.15) is 0 Å². The molecule has 3 aromatic carbocycles. The molecule has 1 N–H and O–H groups in total. The van der Waals surface area contributed by atoms with E-state index in [4.69, 9.17) is 16.3 Å². The molecule has 6 unspecified atom stereocenters. The summed E-state index contributed by atoms with van der Waals surface area (Å²) in [7, 11) is 1.43. The lowest BCUT2D eigenvalue weighted by Crippen LogP contribution is -2.48. The molecule has 2 saturated heterocycles. The van der Waals surface area contributed by atoms with E-state index >= 15 is 0 Å². The van der Waals surface area contributed by atoms with E-state index in [9.17, 15) is 28.7 Å². The average molecular weight is 629 g/mol. The van der Waals surface area contributed by atoms with Crippen LogP contribution in [0.3, 0.4) is 0 Å². The maximum atomic E-state index is 14.5. The summed E-state index contributed by atoms with van der Waals surface area (Å²) in [6.45, 7) is 1.89. The minimum absolute atomic E-state index is 0.133. The molecule has 3 fully saturated rings. The zero-order valence-electron chi connectivity index (χ0n) is 24.6. The maximum Gasteiger partial charge on any atom is 0.241 e. The Hall–Kier alpha value is -4.50. The molecule has 2 aliphatic carbocycles. The Morgan fingerprint density at radius 1 is 0.978 bits per heavy atom. The van der Waals surface area contributed by atoms with E-state index in [2.05, 4.69) is 0 Å². The van der Waals surface area contributed by atoms with Crippen LogP contribution in [0.2, 0.25) is 5.02 Å². The van der Waals surface area contributed by atoms with Crippen LogP contribution >= 0.6 is 11.6 Å². The third kappa shape index (κ3) is 4.24. The number of carbonyl (C=O) groups is 4. The number of amides is 4. The number of benzene rings is 3. The van der Waals surface area contributed by atoms with Gasteiger partial charge in [-0.05, 0) is 67.1 Å². The van der Waals surface area contributed by atoms with Crippen LogP contribution in [0.15, 0.2) is 78.4 Å². The van der Waals surface area contributed by atoms with Gasteiger partial charge >= 0.3 is 0 Å².